The van der Waals surface area contributed by atoms with Crippen molar-refractivity contribution in [1.29, 1.82) is 0 Å². The van der Waals surface area contributed by atoms with E-state index in [2.05, 4.69) is 10.2 Å². The molecule has 0 bridgehead atoms. The molecule has 0 spiro atoms. The van der Waals surface area contributed by atoms with Crippen LogP contribution in [0.1, 0.15) is 0 Å². The third-order valence-corrected chi connectivity index (χ3v) is 1.84. The number of nitrogens with zero attached hydrogens (tertiary/aromatic N) is 1. The van der Waals surface area contributed by atoms with Crippen molar-refractivity contribution in [2.75, 3.05) is 0 Å². The van der Waals surface area contributed by atoms with Crippen LogP contribution in [-0.4, -0.2) is 15.3 Å². The summed E-state index contributed by atoms with van der Waals surface area (Å²) in [5.41, 5.74) is 0.730. The summed E-state index contributed by atoms with van der Waals surface area (Å²) in [6, 6.07) is 10.3. The zero-order chi connectivity index (χ0) is 9.97. The number of benzene rings is 1. The molecule has 0 aliphatic heterocycles. The molecule has 0 radical (unpaired) electrons. The molecule has 1 aromatic carbocycles. The first-order chi connectivity index (χ1) is 6.77. The first-order valence-electron chi connectivity index (χ1n) is 4.11. The molecule has 0 saturated carbocycles. The van der Waals surface area contributed by atoms with Crippen LogP contribution >= 0.6 is 0 Å². The van der Waals surface area contributed by atoms with Crippen molar-refractivity contribution in [1.82, 2.24) is 10.2 Å². The highest BCUT2D eigenvalue weighted by Crippen LogP contribution is 2.23. The number of hydrogen-bond donors (Lipinski definition) is 2. The minimum Gasteiger partial charge on any atom is -0.505 e. The highest BCUT2D eigenvalue weighted by molar-refractivity contribution is 5.64. The molecule has 2 rings (SSSR count). The van der Waals surface area contributed by atoms with E-state index < -0.39 is 5.56 Å². The Hall–Kier alpha value is -2.10. The minimum absolute atomic E-state index is 0.111. The van der Waals surface area contributed by atoms with Gasteiger partial charge in [0.2, 0.25) is 0 Å². The van der Waals surface area contributed by atoms with E-state index >= 15 is 0 Å². The summed E-state index contributed by atoms with van der Waals surface area (Å²) >= 11 is 0. The first-order valence-corrected chi connectivity index (χ1v) is 4.11. The van der Waals surface area contributed by atoms with E-state index in [4.69, 9.17) is 0 Å². The number of H-pyrrole nitrogens is 1. The van der Waals surface area contributed by atoms with Gasteiger partial charge in [0, 0.05) is 11.6 Å². The standard InChI is InChI=1S/C10H8N2O2/c13-8-6-9(14)11-12-10(8)7-4-2-1-3-5-7/h1-6H,(H2,11,13,14). The number of aromatic nitrogens is 2. The van der Waals surface area contributed by atoms with Crippen LogP contribution in [0, 0.1) is 0 Å². The summed E-state index contributed by atoms with van der Waals surface area (Å²) in [6.45, 7) is 0. The second-order valence-electron chi connectivity index (χ2n) is 2.83. The van der Waals surface area contributed by atoms with Gasteiger partial charge in [-0.15, -0.1) is 0 Å². The zero-order valence-corrected chi connectivity index (χ0v) is 7.27. The number of rotatable bonds is 1. The number of nitrogens with one attached hydrogen (secondary N) is 1. The highest BCUT2D eigenvalue weighted by Gasteiger charge is 2.05. The zero-order valence-electron chi connectivity index (χ0n) is 7.27. The van der Waals surface area contributed by atoms with Gasteiger partial charge in [-0.3, -0.25) is 4.79 Å². The number of aromatic hydroxyl groups is 1. The van der Waals surface area contributed by atoms with Crippen LogP contribution in [0.2, 0.25) is 0 Å². The van der Waals surface area contributed by atoms with Crippen LogP contribution in [0.5, 0.6) is 5.75 Å². The number of hydrogen-bond acceptors (Lipinski definition) is 3. The van der Waals surface area contributed by atoms with Gasteiger partial charge in [-0.1, -0.05) is 30.3 Å². The lowest BCUT2D eigenvalue weighted by atomic mass is 10.1. The first kappa shape index (κ1) is 8.50. The molecule has 0 saturated heterocycles. The van der Waals surface area contributed by atoms with E-state index in [1.165, 1.54) is 0 Å². The van der Waals surface area contributed by atoms with Crippen molar-refractivity contribution in [2.45, 2.75) is 0 Å². The lowest BCUT2D eigenvalue weighted by Crippen LogP contribution is -2.06. The van der Waals surface area contributed by atoms with Gasteiger partial charge in [0.1, 0.15) is 11.4 Å². The fourth-order valence-corrected chi connectivity index (χ4v) is 1.20. The Balaban J connectivity index is 2.58. The van der Waals surface area contributed by atoms with E-state index in [-0.39, 0.29) is 5.75 Å². The molecule has 0 aliphatic rings. The summed E-state index contributed by atoms with van der Waals surface area (Å²) in [4.78, 5) is 10.8. The van der Waals surface area contributed by atoms with Crippen LogP contribution in [0.25, 0.3) is 11.3 Å². The van der Waals surface area contributed by atoms with Crippen LogP contribution in [0.4, 0.5) is 0 Å². The normalized spacial score (nSPS) is 10.0. The lowest BCUT2D eigenvalue weighted by molar-refractivity contribution is 0.472. The second-order valence-corrected chi connectivity index (χ2v) is 2.83. The summed E-state index contributed by atoms with van der Waals surface area (Å²) in [5.74, 6) is -0.111. The van der Waals surface area contributed by atoms with Crippen LogP contribution in [0.15, 0.2) is 41.2 Å². The predicted molar refractivity (Wildman–Crippen MR) is 52.0 cm³/mol. The summed E-state index contributed by atoms with van der Waals surface area (Å²) in [7, 11) is 0. The predicted octanol–water partition coefficient (Wildman–Crippen LogP) is 1.14. The maximum Gasteiger partial charge on any atom is 0.267 e. The fraction of sp³-hybridized carbons (Fsp3) is 0. The Morgan fingerprint density at radius 1 is 1.21 bits per heavy atom. The van der Waals surface area contributed by atoms with Crippen molar-refractivity contribution in [3.8, 4) is 17.0 Å². The van der Waals surface area contributed by atoms with Crippen LogP contribution in [-0.2, 0) is 0 Å². The Labute approximate surface area is 79.9 Å². The van der Waals surface area contributed by atoms with E-state index in [0.29, 0.717) is 5.69 Å². The van der Waals surface area contributed by atoms with E-state index in [0.717, 1.165) is 11.6 Å². The van der Waals surface area contributed by atoms with Gasteiger partial charge in [0.15, 0.2) is 0 Å². The van der Waals surface area contributed by atoms with Crippen molar-refractivity contribution in [3.63, 3.8) is 0 Å². The van der Waals surface area contributed by atoms with Gasteiger partial charge in [-0.05, 0) is 0 Å². The quantitative estimate of drug-likeness (QED) is 0.705. The summed E-state index contributed by atoms with van der Waals surface area (Å²) in [5, 5.41) is 15.5. The molecule has 1 heterocycles. The average molecular weight is 188 g/mol. The van der Waals surface area contributed by atoms with Gasteiger partial charge < -0.3 is 5.11 Å². The molecule has 0 atom stereocenters. The van der Waals surface area contributed by atoms with E-state index in [1.807, 2.05) is 18.2 Å². The van der Waals surface area contributed by atoms with Gasteiger partial charge >= 0.3 is 0 Å². The monoisotopic (exact) mass is 188 g/mol. The molecule has 0 amide bonds. The van der Waals surface area contributed by atoms with Gasteiger partial charge in [-0.25, -0.2) is 5.10 Å². The smallest absolute Gasteiger partial charge is 0.267 e. The van der Waals surface area contributed by atoms with Crippen molar-refractivity contribution in [3.05, 3.63) is 46.8 Å². The summed E-state index contributed by atoms with van der Waals surface area (Å²) in [6.07, 6.45) is 0. The highest BCUT2D eigenvalue weighted by atomic mass is 16.3. The van der Waals surface area contributed by atoms with Crippen LogP contribution < -0.4 is 5.56 Å². The lowest BCUT2D eigenvalue weighted by Gasteiger charge is -2.00. The fourth-order valence-electron chi connectivity index (χ4n) is 1.20. The Morgan fingerprint density at radius 3 is 2.57 bits per heavy atom. The third-order valence-electron chi connectivity index (χ3n) is 1.84. The molecule has 4 heteroatoms. The number of aromatic amines is 1. The summed E-state index contributed by atoms with van der Waals surface area (Å²) < 4.78 is 0. The van der Waals surface area contributed by atoms with Gasteiger partial charge in [-0.2, -0.15) is 5.10 Å². The average Bonchev–Trinajstić information content (AvgIpc) is 2.19. The van der Waals surface area contributed by atoms with Crippen molar-refractivity contribution < 1.29 is 5.11 Å². The molecule has 1 aromatic heterocycles. The van der Waals surface area contributed by atoms with Crippen molar-refractivity contribution in [2.24, 2.45) is 0 Å². The SMILES string of the molecule is O=c1cc(O)c(-c2ccccc2)n[nH]1. The van der Waals surface area contributed by atoms with E-state index in [1.54, 1.807) is 12.1 Å². The van der Waals surface area contributed by atoms with Gasteiger partial charge in [0.25, 0.3) is 5.56 Å². The molecular weight excluding hydrogens is 180 g/mol. The van der Waals surface area contributed by atoms with Crippen LogP contribution in [0.3, 0.4) is 0 Å². The molecular formula is C10H8N2O2. The molecule has 0 aliphatic carbocycles. The van der Waals surface area contributed by atoms with Crippen molar-refractivity contribution >= 4 is 0 Å². The Bertz CT molecular complexity index is 491. The maximum absolute atomic E-state index is 10.8. The molecule has 70 valence electrons. The third kappa shape index (κ3) is 1.50. The van der Waals surface area contributed by atoms with Gasteiger partial charge in [0.05, 0.1) is 0 Å². The Kier molecular flexibility index (Phi) is 2.02. The molecule has 2 aromatic rings. The molecule has 0 fully saturated rings. The maximum atomic E-state index is 10.8. The minimum atomic E-state index is -0.415. The largest absolute Gasteiger partial charge is 0.505 e. The Morgan fingerprint density at radius 2 is 1.93 bits per heavy atom. The van der Waals surface area contributed by atoms with E-state index in [9.17, 15) is 9.90 Å². The second kappa shape index (κ2) is 3.33. The molecule has 0 unspecified atom stereocenters. The molecule has 2 N–H and O–H groups in total. The molecule has 14 heavy (non-hydrogen) atoms. The topological polar surface area (TPSA) is 66.0 Å². The molecule has 4 nitrogen and oxygen atoms in total.